The van der Waals surface area contributed by atoms with Crippen LogP contribution in [0.15, 0.2) is 36.9 Å². The second-order valence-electron chi connectivity index (χ2n) is 6.36. The summed E-state index contributed by atoms with van der Waals surface area (Å²) < 4.78 is 1.60. The van der Waals surface area contributed by atoms with Gasteiger partial charge in [0.2, 0.25) is 0 Å². The molecule has 1 amide bonds. The fourth-order valence-corrected chi connectivity index (χ4v) is 4.42. The monoisotopic (exact) mass is 372 g/mol. The van der Waals surface area contributed by atoms with E-state index in [9.17, 15) is 4.79 Å². The van der Waals surface area contributed by atoms with Gasteiger partial charge in [-0.1, -0.05) is 18.5 Å². The van der Waals surface area contributed by atoms with Gasteiger partial charge in [-0.05, 0) is 55.0 Å². The number of halogens is 1. The van der Waals surface area contributed by atoms with Crippen molar-refractivity contribution in [3.63, 3.8) is 0 Å². The average Bonchev–Trinajstić information content (AvgIpc) is 3.23. The smallest absolute Gasteiger partial charge is 0.265 e. The minimum absolute atomic E-state index is 0.115. The van der Waals surface area contributed by atoms with Crippen LogP contribution in [0.1, 0.15) is 33.5 Å². The summed E-state index contributed by atoms with van der Waals surface area (Å²) in [4.78, 5) is 18.8. The molecule has 3 aromatic rings. The van der Waals surface area contributed by atoms with E-state index < -0.39 is 0 Å². The molecule has 5 nitrogen and oxygen atoms in total. The van der Waals surface area contributed by atoms with Gasteiger partial charge in [0.05, 0.1) is 16.3 Å². The molecule has 7 heteroatoms. The van der Waals surface area contributed by atoms with Gasteiger partial charge in [0.25, 0.3) is 5.91 Å². The molecule has 2 heterocycles. The number of amides is 1. The Kier molecular flexibility index (Phi) is 4.31. The third-order valence-corrected chi connectivity index (χ3v) is 5.90. The van der Waals surface area contributed by atoms with E-state index >= 15 is 0 Å². The first-order valence-electron chi connectivity index (χ1n) is 8.17. The molecule has 1 N–H and O–H groups in total. The molecule has 0 unspecified atom stereocenters. The number of thiophene rings is 1. The normalized spacial score (nSPS) is 16.5. The summed E-state index contributed by atoms with van der Waals surface area (Å²) >= 11 is 7.70. The van der Waals surface area contributed by atoms with Crippen LogP contribution in [0.25, 0.3) is 5.69 Å². The largest absolute Gasteiger partial charge is 0.319 e. The van der Waals surface area contributed by atoms with Gasteiger partial charge in [-0.15, -0.1) is 11.3 Å². The molecule has 0 bridgehead atoms. The van der Waals surface area contributed by atoms with Gasteiger partial charge in [0, 0.05) is 9.90 Å². The first kappa shape index (κ1) is 16.3. The van der Waals surface area contributed by atoms with Crippen molar-refractivity contribution in [1.29, 1.82) is 0 Å². The second kappa shape index (κ2) is 6.61. The SMILES string of the molecule is C[C@@H]1CCc2sc(C(=O)Nc3cc(Cl)ccc3-n3cncn3)cc2C1. The van der Waals surface area contributed by atoms with Gasteiger partial charge in [0.15, 0.2) is 0 Å². The van der Waals surface area contributed by atoms with E-state index in [2.05, 4.69) is 22.3 Å². The van der Waals surface area contributed by atoms with E-state index in [0.29, 0.717) is 16.6 Å². The third kappa shape index (κ3) is 3.32. The minimum atomic E-state index is -0.115. The maximum Gasteiger partial charge on any atom is 0.265 e. The van der Waals surface area contributed by atoms with Crippen LogP contribution in [0.4, 0.5) is 5.69 Å². The number of nitrogens with one attached hydrogen (secondary N) is 1. The lowest BCUT2D eigenvalue weighted by Gasteiger charge is -2.16. The molecule has 1 atom stereocenters. The van der Waals surface area contributed by atoms with Crippen LogP contribution in [-0.4, -0.2) is 20.7 Å². The standard InChI is InChI=1S/C18H17ClN4OS/c1-11-2-5-16-12(6-11)7-17(25-16)18(24)22-14-8-13(19)3-4-15(14)23-10-20-9-21-23/h3-4,7-11H,2,5-6H2,1H3,(H,22,24)/t11-/m1/s1. The van der Waals surface area contributed by atoms with Crippen molar-refractivity contribution in [3.05, 3.63) is 57.3 Å². The Labute approximate surface area is 154 Å². The number of hydrogen-bond acceptors (Lipinski definition) is 4. The molecule has 2 aromatic heterocycles. The van der Waals surface area contributed by atoms with Crippen LogP contribution >= 0.6 is 22.9 Å². The third-order valence-electron chi connectivity index (χ3n) is 4.43. The minimum Gasteiger partial charge on any atom is -0.319 e. The average molecular weight is 373 g/mol. The highest BCUT2D eigenvalue weighted by atomic mass is 35.5. The topological polar surface area (TPSA) is 59.8 Å². The van der Waals surface area contributed by atoms with Crippen LogP contribution in [0.5, 0.6) is 0 Å². The molecule has 4 rings (SSSR count). The van der Waals surface area contributed by atoms with Crippen LogP contribution < -0.4 is 5.32 Å². The Morgan fingerprint density at radius 1 is 1.40 bits per heavy atom. The summed E-state index contributed by atoms with van der Waals surface area (Å²) in [6.07, 6.45) is 6.36. The van der Waals surface area contributed by atoms with Crippen LogP contribution in [0, 0.1) is 5.92 Å². The predicted molar refractivity (Wildman–Crippen MR) is 99.8 cm³/mol. The summed E-state index contributed by atoms with van der Waals surface area (Å²) in [5.41, 5.74) is 2.66. The van der Waals surface area contributed by atoms with Crippen molar-refractivity contribution in [2.75, 3.05) is 5.32 Å². The van der Waals surface area contributed by atoms with E-state index in [1.807, 2.05) is 12.1 Å². The number of aromatic nitrogens is 3. The lowest BCUT2D eigenvalue weighted by Crippen LogP contribution is -2.13. The van der Waals surface area contributed by atoms with Gasteiger partial charge in [-0.2, -0.15) is 5.10 Å². The van der Waals surface area contributed by atoms with E-state index in [1.165, 1.54) is 23.2 Å². The quantitative estimate of drug-likeness (QED) is 0.743. The number of carbonyl (C=O) groups is 1. The second-order valence-corrected chi connectivity index (χ2v) is 7.94. The lowest BCUT2D eigenvalue weighted by molar-refractivity contribution is 0.103. The molecule has 0 saturated heterocycles. The number of benzene rings is 1. The summed E-state index contributed by atoms with van der Waals surface area (Å²) in [6.45, 7) is 2.26. The Hall–Kier alpha value is -2.18. The van der Waals surface area contributed by atoms with Crippen molar-refractivity contribution in [2.24, 2.45) is 5.92 Å². The van der Waals surface area contributed by atoms with Crippen molar-refractivity contribution in [2.45, 2.75) is 26.2 Å². The zero-order chi connectivity index (χ0) is 17.4. The fourth-order valence-electron chi connectivity index (χ4n) is 3.14. The fraction of sp³-hybridized carbons (Fsp3) is 0.278. The van der Waals surface area contributed by atoms with E-state index in [1.54, 1.807) is 34.5 Å². The first-order chi connectivity index (χ1) is 12.1. The molecule has 1 aliphatic rings. The maximum atomic E-state index is 12.8. The summed E-state index contributed by atoms with van der Waals surface area (Å²) in [5.74, 6) is 0.570. The Morgan fingerprint density at radius 2 is 2.28 bits per heavy atom. The van der Waals surface area contributed by atoms with Crippen LogP contribution in [-0.2, 0) is 12.8 Å². The highest BCUT2D eigenvalue weighted by Crippen LogP contribution is 2.33. The Morgan fingerprint density at radius 3 is 3.08 bits per heavy atom. The van der Waals surface area contributed by atoms with Gasteiger partial charge in [-0.25, -0.2) is 9.67 Å². The number of carbonyl (C=O) groups excluding carboxylic acids is 1. The molecule has 0 aliphatic heterocycles. The highest BCUT2D eigenvalue weighted by molar-refractivity contribution is 7.14. The summed E-state index contributed by atoms with van der Waals surface area (Å²) in [5, 5.41) is 7.66. The Bertz CT molecular complexity index is 919. The molecule has 0 radical (unpaired) electrons. The Balaban J connectivity index is 1.62. The van der Waals surface area contributed by atoms with Gasteiger partial charge < -0.3 is 5.32 Å². The van der Waals surface area contributed by atoms with Gasteiger partial charge in [0.1, 0.15) is 12.7 Å². The maximum absolute atomic E-state index is 12.8. The van der Waals surface area contributed by atoms with Crippen LogP contribution in [0.2, 0.25) is 5.02 Å². The van der Waals surface area contributed by atoms with Crippen molar-refractivity contribution in [3.8, 4) is 5.69 Å². The summed E-state index contributed by atoms with van der Waals surface area (Å²) in [7, 11) is 0. The molecule has 1 aromatic carbocycles. The van der Waals surface area contributed by atoms with Crippen LogP contribution in [0.3, 0.4) is 0 Å². The molecule has 0 fully saturated rings. The number of nitrogens with zero attached hydrogens (tertiary/aromatic N) is 3. The van der Waals surface area contributed by atoms with Gasteiger partial charge in [-0.3, -0.25) is 4.79 Å². The first-order valence-corrected chi connectivity index (χ1v) is 9.37. The van der Waals surface area contributed by atoms with E-state index in [-0.39, 0.29) is 5.91 Å². The number of fused-ring (bicyclic) bond motifs is 1. The molecular formula is C18H17ClN4OS. The molecular weight excluding hydrogens is 356 g/mol. The number of hydrogen-bond donors (Lipinski definition) is 1. The molecule has 1 aliphatic carbocycles. The van der Waals surface area contributed by atoms with Crippen molar-refractivity contribution in [1.82, 2.24) is 14.8 Å². The van der Waals surface area contributed by atoms with E-state index in [0.717, 1.165) is 23.4 Å². The number of rotatable bonds is 3. The number of anilines is 1. The zero-order valence-electron chi connectivity index (χ0n) is 13.7. The molecule has 0 spiro atoms. The van der Waals surface area contributed by atoms with Crippen molar-refractivity contribution < 1.29 is 4.79 Å². The molecule has 0 saturated carbocycles. The highest BCUT2D eigenvalue weighted by Gasteiger charge is 2.21. The predicted octanol–water partition coefficient (Wildman–Crippen LogP) is 4.36. The van der Waals surface area contributed by atoms with Gasteiger partial charge >= 0.3 is 0 Å². The summed E-state index contributed by atoms with van der Waals surface area (Å²) in [6, 6.07) is 7.34. The lowest BCUT2D eigenvalue weighted by atomic mass is 9.90. The zero-order valence-corrected chi connectivity index (χ0v) is 15.3. The number of aryl methyl sites for hydroxylation is 1. The molecule has 25 heavy (non-hydrogen) atoms. The molecule has 128 valence electrons. The van der Waals surface area contributed by atoms with Crippen molar-refractivity contribution >= 4 is 34.5 Å². The van der Waals surface area contributed by atoms with E-state index in [4.69, 9.17) is 11.6 Å².